The van der Waals surface area contributed by atoms with Gasteiger partial charge in [-0.05, 0) is 51.3 Å². The van der Waals surface area contributed by atoms with Crippen LogP contribution >= 0.6 is 0 Å². The number of urea groups is 1. The molecular formula is C22H26N4O3. The number of hydrogen-bond donors (Lipinski definition) is 1. The average molecular weight is 394 g/mol. The number of imidazole rings is 1. The van der Waals surface area contributed by atoms with Gasteiger partial charge in [0.05, 0.1) is 12.2 Å². The lowest BCUT2D eigenvalue weighted by Gasteiger charge is -2.30. The van der Waals surface area contributed by atoms with Crippen molar-refractivity contribution in [3.63, 3.8) is 0 Å². The van der Waals surface area contributed by atoms with E-state index in [1.807, 2.05) is 49.6 Å². The van der Waals surface area contributed by atoms with Crippen molar-refractivity contribution < 1.29 is 14.4 Å². The minimum Gasteiger partial charge on any atom is -0.323 e. The van der Waals surface area contributed by atoms with Gasteiger partial charge in [-0.3, -0.25) is 14.5 Å². The molecule has 1 saturated heterocycles. The number of amides is 3. The monoisotopic (exact) mass is 394 g/mol. The van der Waals surface area contributed by atoms with Gasteiger partial charge in [-0.25, -0.2) is 9.78 Å². The van der Waals surface area contributed by atoms with E-state index in [0.29, 0.717) is 30.1 Å². The molecule has 0 radical (unpaired) electrons. The summed E-state index contributed by atoms with van der Waals surface area (Å²) in [5, 5.41) is 2.85. The normalized spacial score (nSPS) is 18.4. The molecule has 29 heavy (non-hydrogen) atoms. The number of hydrogen-bond acceptors (Lipinski definition) is 4. The lowest BCUT2D eigenvalue weighted by atomic mass is 9.82. The van der Waals surface area contributed by atoms with Gasteiger partial charge < -0.3 is 9.88 Å². The summed E-state index contributed by atoms with van der Waals surface area (Å²) in [5.41, 5.74) is 2.23. The van der Waals surface area contributed by atoms with Crippen molar-refractivity contribution in [3.8, 4) is 5.69 Å². The summed E-state index contributed by atoms with van der Waals surface area (Å²) in [5.74, 6) is 0.0915. The maximum atomic E-state index is 13.0. The number of aromatic nitrogens is 2. The maximum absolute atomic E-state index is 13.0. The predicted molar refractivity (Wildman–Crippen MR) is 108 cm³/mol. The molecular weight excluding hydrogens is 368 g/mol. The van der Waals surface area contributed by atoms with Crippen LogP contribution in [0.1, 0.15) is 59.7 Å². The zero-order valence-corrected chi connectivity index (χ0v) is 17.1. The predicted octanol–water partition coefficient (Wildman–Crippen LogP) is 3.23. The highest BCUT2D eigenvalue weighted by molar-refractivity contribution is 6.11. The molecule has 1 aliphatic carbocycles. The van der Waals surface area contributed by atoms with Crippen LogP contribution in [0.15, 0.2) is 24.3 Å². The van der Waals surface area contributed by atoms with Crippen LogP contribution in [0.2, 0.25) is 0 Å². The van der Waals surface area contributed by atoms with Crippen LogP contribution in [-0.2, 0) is 4.79 Å². The van der Waals surface area contributed by atoms with Crippen LogP contribution in [0.5, 0.6) is 0 Å². The highest BCUT2D eigenvalue weighted by Gasteiger charge is 2.51. The van der Waals surface area contributed by atoms with E-state index >= 15 is 0 Å². The van der Waals surface area contributed by atoms with Crippen molar-refractivity contribution in [2.75, 3.05) is 6.54 Å². The molecule has 1 aliphatic heterocycles. The maximum Gasteiger partial charge on any atom is 0.325 e. The van der Waals surface area contributed by atoms with Crippen LogP contribution in [0.25, 0.3) is 5.69 Å². The standard InChI is InChI=1S/C22H26N4O3/c1-14-8-7-9-17(12-14)26-15(2)19(23-16(26)3)18(27)13-25-20(28)22(24-21(25)29)10-5-4-6-11-22/h7-9,12H,4-6,10-11,13H2,1-3H3,(H,24,29). The summed E-state index contributed by atoms with van der Waals surface area (Å²) in [6.45, 7) is 5.41. The lowest BCUT2D eigenvalue weighted by molar-refractivity contribution is -0.132. The zero-order valence-electron chi connectivity index (χ0n) is 17.1. The Morgan fingerprint density at radius 1 is 1.14 bits per heavy atom. The first-order chi connectivity index (χ1) is 13.8. The molecule has 2 aliphatic rings. The first kappa shape index (κ1) is 19.4. The molecule has 7 heteroatoms. The first-order valence-electron chi connectivity index (χ1n) is 10.1. The zero-order chi connectivity index (χ0) is 20.8. The van der Waals surface area contributed by atoms with Crippen molar-refractivity contribution in [3.05, 3.63) is 47.0 Å². The summed E-state index contributed by atoms with van der Waals surface area (Å²) in [7, 11) is 0. The van der Waals surface area contributed by atoms with Gasteiger partial charge in [0.15, 0.2) is 0 Å². The molecule has 2 heterocycles. The van der Waals surface area contributed by atoms with E-state index in [4.69, 9.17) is 0 Å². The largest absolute Gasteiger partial charge is 0.325 e. The molecule has 152 valence electrons. The Morgan fingerprint density at radius 3 is 2.55 bits per heavy atom. The Hall–Kier alpha value is -2.96. The molecule has 7 nitrogen and oxygen atoms in total. The van der Waals surface area contributed by atoms with Gasteiger partial charge in [-0.1, -0.05) is 31.4 Å². The van der Waals surface area contributed by atoms with Gasteiger partial charge >= 0.3 is 6.03 Å². The fourth-order valence-electron chi connectivity index (χ4n) is 4.59. The van der Waals surface area contributed by atoms with Gasteiger partial charge in [0.1, 0.15) is 17.1 Å². The molecule has 1 aromatic heterocycles. The number of carbonyl (C=O) groups excluding carboxylic acids is 3. The minimum absolute atomic E-state index is 0.275. The number of rotatable bonds is 4. The molecule has 2 aromatic rings. The van der Waals surface area contributed by atoms with Crippen molar-refractivity contribution >= 4 is 17.7 Å². The fraction of sp³-hybridized carbons (Fsp3) is 0.455. The number of imide groups is 1. The lowest BCUT2D eigenvalue weighted by Crippen LogP contribution is -2.48. The summed E-state index contributed by atoms with van der Waals surface area (Å²) in [6.07, 6.45) is 4.17. The molecule has 0 bridgehead atoms. The van der Waals surface area contributed by atoms with Crippen molar-refractivity contribution in [1.29, 1.82) is 0 Å². The average Bonchev–Trinajstić information content (AvgIpc) is 3.10. The Morgan fingerprint density at radius 2 is 1.86 bits per heavy atom. The van der Waals surface area contributed by atoms with Gasteiger partial charge in [-0.15, -0.1) is 0 Å². The van der Waals surface area contributed by atoms with Crippen LogP contribution in [0, 0.1) is 20.8 Å². The molecule has 0 unspecified atom stereocenters. The molecule has 1 saturated carbocycles. The van der Waals surface area contributed by atoms with E-state index in [9.17, 15) is 14.4 Å². The van der Waals surface area contributed by atoms with Crippen LogP contribution in [-0.4, -0.2) is 44.3 Å². The van der Waals surface area contributed by atoms with Crippen molar-refractivity contribution in [2.24, 2.45) is 0 Å². The first-order valence-corrected chi connectivity index (χ1v) is 10.1. The van der Waals surface area contributed by atoms with E-state index in [-0.39, 0.29) is 18.2 Å². The van der Waals surface area contributed by atoms with Gasteiger partial charge in [-0.2, -0.15) is 0 Å². The number of carbonyl (C=O) groups is 3. The van der Waals surface area contributed by atoms with Crippen LogP contribution < -0.4 is 5.32 Å². The summed E-state index contributed by atoms with van der Waals surface area (Å²) < 4.78 is 1.93. The Balaban J connectivity index is 1.59. The molecule has 4 rings (SSSR count). The number of nitrogens with zero attached hydrogens (tertiary/aromatic N) is 3. The number of ketones is 1. The van der Waals surface area contributed by atoms with Crippen LogP contribution in [0.4, 0.5) is 4.79 Å². The summed E-state index contributed by atoms with van der Waals surface area (Å²) in [4.78, 5) is 43.9. The molecule has 1 spiro atoms. The van der Waals surface area contributed by atoms with E-state index in [1.165, 1.54) is 0 Å². The van der Waals surface area contributed by atoms with E-state index < -0.39 is 11.6 Å². The quantitative estimate of drug-likeness (QED) is 0.637. The second-order valence-corrected chi connectivity index (χ2v) is 8.15. The van der Waals surface area contributed by atoms with E-state index in [0.717, 1.165) is 35.4 Å². The number of benzene rings is 1. The third kappa shape index (κ3) is 3.24. The topological polar surface area (TPSA) is 84.3 Å². The Bertz CT molecular complexity index is 1000. The molecule has 1 N–H and O–H groups in total. The van der Waals surface area contributed by atoms with Gasteiger partial charge in [0, 0.05) is 5.69 Å². The number of nitrogens with one attached hydrogen (secondary N) is 1. The summed E-state index contributed by atoms with van der Waals surface area (Å²) >= 11 is 0. The Kier molecular flexibility index (Phi) is 4.76. The highest BCUT2D eigenvalue weighted by Crippen LogP contribution is 2.33. The minimum atomic E-state index is -0.818. The van der Waals surface area contributed by atoms with Crippen molar-refractivity contribution in [2.45, 2.75) is 58.4 Å². The third-order valence-electron chi connectivity index (χ3n) is 6.05. The smallest absolute Gasteiger partial charge is 0.323 e. The molecule has 2 fully saturated rings. The van der Waals surface area contributed by atoms with E-state index in [2.05, 4.69) is 10.3 Å². The number of Topliss-reactive ketones (excluding diaryl/α,β-unsaturated/α-hetero) is 1. The summed E-state index contributed by atoms with van der Waals surface area (Å²) in [6, 6.07) is 7.49. The van der Waals surface area contributed by atoms with Crippen molar-refractivity contribution in [1.82, 2.24) is 19.8 Å². The van der Waals surface area contributed by atoms with Gasteiger partial charge in [0.25, 0.3) is 5.91 Å². The second-order valence-electron chi connectivity index (χ2n) is 8.15. The second kappa shape index (κ2) is 7.13. The highest BCUT2D eigenvalue weighted by atomic mass is 16.2. The Labute approximate surface area is 170 Å². The third-order valence-corrected chi connectivity index (χ3v) is 6.05. The molecule has 3 amide bonds. The van der Waals surface area contributed by atoms with Gasteiger partial charge in [0.2, 0.25) is 5.78 Å². The number of aryl methyl sites for hydroxylation is 2. The van der Waals surface area contributed by atoms with Crippen LogP contribution in [0.3, 0.4) is 0 Å². The SMILES string of the molecule is Cc1cccc(-n2c(C)nc(C(=O)CN3C(=O)NC4(CCCCC4)C3=O)c2C)c1. The molecule has 1 aromatic carbocycles. The fourth-order valence-corrected chi connectivity index (χ4v) is 4.59. The van der Waals surface area contributed by atoms with E-state index in [1.54, 1.807) is 0 Å². The molecule has 0 atom stereocenters.